The number of amidine groups is 1. The van der Waals surface area contributed by atoms with Crippen LogP contribution in [0.2, 0.25) is 0 Å². The summed E-state index contributed by atoms with van der Waals surface area (Å²) in [6.07, 6.45) is 1.41. The number of aromatic nitrogens is 1. The van der Waals surface area contributed by atoms with Crippen LogP contribution in [0.1, 0.15) is 22.1 Å². The number of benzene rings is 2. The lowest BCUT2D eigenvalue weighted by Gasteiger charge is -2.51. The molecular formula is C25H24FN5O4S. The number of rotatable bonds is 5. The van der Waals surface area contributed by atoms with E-state index in [4.69, 9.17) is 10.5 Å². The molecule has 3 N–H and O–H groups in total. The van der Waals surface area contributed by atoms with Gasteiger partial charge in [-0.15, -0.1) is 0 Å². The van der Waals surface area contributed by atoms with Gasteiger partial charge >= 0.3 is 0 Å². The molecule has 1 spiro atoms. The van der Waals surface area contributed by atoms with Crippen molar-refractivity contribution in [2.24, 2.45) is 10.7 Å². The Morgan fingerprint density at radius 3 is 2.56 bits per heavy atom. The molecule has 0 bridgehead atoms. The van der Waals surface area contributed by atoms with E-state index in [1.54, 1.807) is 6.07 Å². The summed E-state index contributed by atoms with van der Waals surface area (Å²) in [5.41, 5.74) is 7.57. The Morgan fingerprint density at radius 1 is 1.17 bits per heavy atom. The average molecular weight is 510 g/mol. The first-order valence-electron chi connectivity index (χ1n) is 11.2. The zero-order chi connectivity index (χ0) is 25.5. The van der Waals surface area contributed by atoms with Crippen LogP contribution >= 0.6 is 0 Å². The molecule has 2 aromatic carbocycles. The first kappa shape index (κ1) is 23.7. The molecule has 5 rings (SSSR count). The summed E-state index contributed by atoms with van der Waals surface area (Å²) in [5.74, 6) is -1.06. The van der Waals surface area contributed by atoms with E-state index >= 15 is 0 Å². The van der Waals surface area contributed by atoms with Crippen LogP contribution in [0.25, 0.3) is 0 Å². The monoisotopic (exact) mass is 509 g/mol. The first-order chi connectivity index (χ1) is 17.2. The number of nitrogens with two attached hydrogens (primary N) is 1. The molecule has 3 aromatic rings. The van der Waals surface area contributed by atoms with Crippen LogP contribution in [-0.2, 0) is 9.84 Å². The highest BCUT2D eigenvalue weighted by atomic mass is 32.2. The fourth-order valence-electron chi connectivity index (χ4n) is 4.47. The smallest absolute Gasteiger partial charge is 0.274 e. The lowest BCUT2D eigenvalue weighted by atomic mass is 9.95. The molecule has 3 heterocycles. The van der Waals surface area contributed by atoms with Gasteiger partial charge in [-0.25, -0.2) is 17.8 Å². The van der Waals surface area contributed by atoms with E-state index in [1.807, 2.05) is 35.2 Å². The van der Waals surface area contributed by atoms with Crippen LogP contribution in [0.15, 0.2) is 71.9 Å². The number of anilines is 2. The molecule has 11 heteroatoms. The molecule has 0 saturated carbocycles. The van der Waals surface area contributed by atoms with E-state index in [1.165, 1.54) is 31.5 Å². The Hall–Kier alpha value is -3.99. The molecule has 2 aliphatic heterocycles. The molecule has 1 atom stereocenters. The Bertz CT molecular complexity index is 1440. The molecule has 0 radical (unpaired) electrons. The molecular weight excluding hydrogens is 485 g/mol. The zero-order valence-electron chi connectivity index (χ0n) is 19.4. The van der Waals surface area contributed by atoms with Crippen LogP contribution in [0, 0.1) is 5.82 Å². The topological polar surface area (TPSA) is 127 Å². The van der Waals surface area contributed by atoms with E-state index in [0.29, 0.717) is 5.75 Å². The molecule has 36 heavy (non-hydrogen) atoms. The summed E-state index contributed by atoms with van der Waals surface area (Å²) in [5, 5.41) is 2.65. The summed E-state index contributed by atoms with van der Waals surface area (Å²) < 4.78 is 45.3. The van der Waals surface area contributed by atoms with E-state index < -0.39 is 32.4 Å². The van der Waals surface area contributed by atoms with Gasteiger partial charge in [0.2, 0.25) is 0 Å². The second kappa shape index (κ2) is 8.90. The van der Waals surface area contributed by atoms with Crippen molar-refractivity contribution in [1.29, 1.82) is 0 Å². The highest BCUT2D eigenvalue weighted by Crippen LogP contribution is 2.41. The lowest BCUT2D eigenvalue weighted by molar-refractivity contribution is 0.102. The largest absolute Gasteiger partial charge is 0.495 e. The summed E-state index contributed by atoms with van der Waals surface area (Å²) in [6.45, 7) is 0.379. The third-order valence-electron chi connectivity index (χ3n) is 6.57. The molecule has 2 aliphatic rings. The zero-order valence-corrected chi connectivity index (χ0v) is 20.2. The van der Waals surface area contributed by atoms with Gasteiger partial charge in [0.25, 0.3) is 5.91 Å². The maximum Gasteiger partial charge on any atom is 0.274 e. The van der Waals surface area contributed by atoms with Gasteiger partial charge in [-0.05, 0) is 42.5 Å². The number of pyridine rings is 1. The molecule has 9 nitrogen and oxygen atoms in total. The van der Waals surface area contributed by atoms with Crippen LogP contribution in [0.4, 0.5) is 15.8 Å². The predicted octanol–water partition coefficient (Wildman–Crippen LogP) is 2.57. The van der Waals surface area contributed by atoms with Gasteiger partial charge in [0.05, 0.1) is 25.1 Å². The fraction of sp³-hybridized carbons (Fsp3) is 0.240. The molecule has 0 aliphatic carbocycles. The van der Waals surface area contributed by atoms with Crippen molar-refractivity contribution >= 4 is 33.0 Å². The summed E-state index contributed by atoms with van der Waals surface area (Å²) in [6, 6.07) is 15.4. The summed E-state index contributed by atoms with van der Waals surface area (Å²) in [7, 11) is -2.26. The molecule has 1 amide bonds. The number of ether oxygens (including phenoxy) is 1. The number of halogens is 1. The fourth-order valence-corrected chi connectivity index (χ4v) is 6.53. The van der Waals surface area contributed by atoms with Gasteiger partial charge in [0, 0.05) is 30.0 Å². The normalized spacial score (nSPS) is 19.8. The van der Waals surface area contributed by atoms with Crippen molar-refractivity contribution in [2.45, 2.75) is 10.8 Å². The van der Waals surface area contributed by atoms with E-state index in [9.17, 15) is 17.6 Å². The Balaban J connectivity index is 1.37. The second-order valence-corrected chi connectivity index (χ2v) is 11.1. The van der Waals surface area contributed by atoms with Crippen LogP contribution < -0.4 is 20.7 Å². The van der Waals surface area contributed by atoms with Crippen LogP contribution in [-0.4, -0.2) is 55.8 Å². The minimum absolute atomic E-state index is 0.0257. The van der Waals surface area contributed by atoms with E-state index in [0.717, 1.165) is 11.8 Å². The van der Waals surface area contributed by atoms with Crippen LogP contribution in [0.5, 0.6) is 5.75 Å². The molecule has 1 aromatic heterocycles. The van der Waals surface area contributed by atoms with Crippen molar-refractivity contribution < 1.29 is 22.3 Å². The summed E-state index contributed by atoms with van der Waals surface area (Å²) in [4.78, 5) is 22.9. The average Bonchev–Trinajstić information content (AvgIpc) is 2.84. The minimum atomic E-state index is -3.75. The number of sulfone groups is 1. The SMILES string of the molecule is COc1ccc(C(=O)Nc2ccc(F)c(C3CS(=O)(=O)C4(CN(c5ccccc5)C4)C(N)=N3)c2)nc1. The molecule has 186 valence electrons. The van der Waals surface area contributed by atoms with Gasteiger partial charge in [0.15, 0.2) is 14.6 Å². The quantitative estimate of drug-likeness (QED) is 0.541. The van der Waals surface area contributed by atoms with Crippen molar-refractivity contribution in [3.8, 4) is 5.75 Å². The number of amides is 1. The number of methoxy groups -OCH3 is 1. The standard InChI is InChI=1S/C25H24FN5O4S/c1-35-18-8-10-21(28-12-18)23(32)29-16-7-9-20(26)19(11-16)22-13-36(33,34)25(24(27)30-22)14-31(15-25)17-5-3-2-4-6-17/h2-12,22H,13-15H2,1H3,(H2,27,30)(H,29,32). The van der Waals surface area contributed by atoms with Crippen LogP contribution in [0.3, 0.4) is 0 Å². The Kier molecular flexibility index (Phi) is 5.87. The summed E-state index contributed by atoms with van der Waals surface area (Å²) >= 11 is 0. The maximum absolute atomic E-state index is 14.8. The van der Waals surface area contributed by atoms with Crippen molar-refractivity contribution in [3.63, 3.8) is 0 Å². The second-order valence-electron chi connectivity index (χ2n) is 8.77. The number of carbonyl (C=O) groups excluding carboxylic acids is 1. The van der Waals surface area contributed by atoms with Gasteiger partial charge in [-0.1, -0.05) is 18.2 Å². The third kappa shape index (κ3) is 4.05. The Morgan fingerprint density at radius 2 is 1.92 bits per heavy atom. The maximum atomic E-state index is 14.8. The molecule has 1 saturated heterocycles. The number of carbonyl (C=O) groups is 1. The highest BCUT2D eigenvalue weighted by Gasteiger charge is 2.59. The Labute approximate surface area is 207 Å². The number of nitrogens with one attached hydrogen (secondary N) is 1. The lowest BCUT2D eigenvalue weighted by Crippen LogP contribution is -2.73. The van der Waals surface area contributed by atoms with Crippen molar-refractivity contribution in [3.05, 3.63) is 83.9 Å². The molecule has 1 unspecified atom stereocenters. The first-order valence-corrected chi connectivity index (χ1v) is 12.8. The van der Waals surface area contributed by atoms with Gasteiger partial charge < -0.3 is 20.7 Å². The van der Waals surface area contributed by atoms with E-state index in [2.05, 4.69) is 15.3 Å². The van der Waals surface area contributed by atoms with E-state index in [-0.39, 0.29) is 41.6 Å². The van der Waals surface area contributed by atoms with Gasteiger partial charge in [0.1, 0.15) is 23.1 Å². The van der Waals surface area contributed by atoms with Crippen molar-refractivity contribution in [2.75, 3.05) is 36.2 Å². The number of nitrogens with zero attached hydrogens (tertiary/aromatic N) is 3. The highest BCUT2D eigenvalue weighted by molar-refractivity contribution is 7.93. The number of aliphatic imine (C=N–C) groups is 1. The van der Waals surface area contributed by atoms with Gasteiger partial charge in [-0.3, -0.25) is 9.79 Å². The van der Waals surface area contributed by atoms with Crippen molar-refractivity contribution in [1.82, 2.24) is 4.98 Å². The predicted molar refractivity (Wildman–Crippen MR) is 135 cm³/mol. The van der Waals surface area contributed by atoms with Gasteiger partial charge in [-0.2, -0.15) is 0 Å². The third-order valence-corrected chi connectivity index (χ3v) is 8.98. The number of hydrogen-bond acceptors (Lipinski definition) is 8. The molecule has 1 fully saturated rings. The number of hydrogen-bond donors (Lipinski definition) is 2. The number of para-hydroxylation sites is 1. The minimum Gasteiger partial charge on any atom is -0.495 e.